The summed E-state index contributed by atoms with van der Waals surface area (Å²) in [6.45, 7) is -0.115. The molecule has 4 N–H and O–H groups in total. The van der Waals surface area contributed by atoms with Gasteiger partial charge in [0.2, 0.25) is 0 Å². The Bertz CT molecular complexity index is 1110. The van der Waals surface area contributed by atoms with Gasteiger partial charge in [-0.1, -0.05) is 35.9 Å². The summed E-state index contributed by atoms with van der Waals surface area (Å²) in [5, 5.41) is 40.5. The molecule has 2 aromatic carbocycles. The second-order valence-corrected chi connectivity index (χ2v) is 11.5. The zero-order valence-electron chi connectivity index (χ0n) is 20.4. The molecule has 10 nitrogen and oxygen atoms in total. The molecule has 1 aliphatic heterocycles. The van der Waals surface area contributed by atoms with Gasteiger partial charge >= 0.3 is 0 Å². The smallest absolute Gasteiger partial charge is 0.281 e. The summed E-state index contributed by atoms with van der Waals surface area (Å²) >= 11 is 6.40. The average Bonchev–Trinajstić information content (AvgIpc) is 2.85. The number of ether oxygens (including phenoxy) is 2. The molecular formula is C24H33ClN2O8S. The number of hydrogen-bond acceptors (Lipinski definition) is 8. The van der Waals surface area contributed by atoms with Crippen molar-refractivity contribution >= 4 is 21.8 Å². The van der Waals surface area contributed by atoms with Gasteiger partial charge in [0.1, 0.15) is 42.9 Å². The Kier molecular flexibility index (Phi) is 9.72. The minimum Gasteiger partial charge on any atom is -0.492 e. The number of halogens is 1. The lowest BCUT2D eigenvalue weighted by Gasteiger charge is -2.40. The van der Waals surface area contributed by atoms with Gasteiger partial charge in [-0.2, -0.15) is 17.0 Å². The summed E-state index contributed by atoms with van der Waals surface area (Å²) < 4.78 is 37.8. The molecule has 1 heterocycles. The summed E-state index contributed by atoms with van der Waals surface area (Å²) in [4.78, 5) is 0. The number of aliphatic hydroxyl groups is 4. The third-order valence-electron chi connectivity index (χ3n) is 6.14. The van der Waals surface area contributed by atoms with Gasteiger partial charge in [-0.05, 0) is 41.3 Å². The summed E-state index contributed by atoms with van der Waals surface area (Å²) in [5.41, 5.74) is 2.25. The molecule has 36 heavy (non-hydrogen) atoms. The molecule has 0 radical (unpaired) electrons. The second kappa shape index (κ2) is 12.2. The minimum atomic E-state index is -3.49. The van der Waals surface area contributed by atoms with Crippen LogP contribution in [0.1, 0.15) is 22.8 Å². The molecule has 1 aliphatic rings. The fourth-order valence-corrected chi connectivity index (χ4v) is 4.94. The highest BCUT2D eigenvalue weighted by Crippen LogP contribution is 2.34. The molecule has 0 aliphatic carbocycles. The van der Waals surface area contributed by atoms with E-state index in [2.05, 4.69) is 0 Å². The largest absolute Gasteiger partial charge is 0.492 e. The number of nitrogens with zero attached hydrogens (tertiary/aromatic N) is 2. The number of aliphatic hydroxyl groups excluding tert-OH is 4. The maximum atomic E-state index is 12.1. The van der Waals surface area contributed by atoms with Crippen LogP contribution in [0.3, 0.4) is 0 Å². The van der Waals surface area contributed by atoms with Crippen molar-refractivity contribution in [1.29, 1.82) is 0 Å². The van der Waals surface area contributed by atoms with Crippen LogP contribution < -0.4 is 4.74 Å². The van der Waals surface area contributed by atoms with E-state index < -0.39 is 47.3 Å². The topological polar surface area (TPSA) is 140 Å². The van der Waals surface area contributed by atoms with Gasteiger partial charge in [0.05, 0.1) is 6.61 Å². The van der Waals surface area contributed by atoms with Crippen molar-refractivity contribution in [2.75, 3.05) is 40.9 Å². The van der Waals surface area contributed by atoms with Crippen LogP contribution in [0, 0.1) is 0 Å². The van der Waals surface area contributed by atoms with E-state index in [1.54, 1.807) is 30.3 Å². The Morgan fingerprint density at radius 1 is 1.00 bits per heavy atom. The van der Waals surface area contributed by atoms with E-state index in [0.717, 1.165) is 15.4 Å². The quantitative estimate of drug-likeness (QED) is 0.340. The van der Waals surface area contributed by atoms with Gasteiger partial charge in [0.15, 0.2) is 0 Å². The van der Waals surface area contributed by atoms with Crippen LogP contribution in [-0.2, 0) is 21.4 Å². The lowest BCUT2D eigenvalue weighted by molar-refractivity contribution is -0.231. The fraction of sp³-hybridized carbons (Fsp3) is 0.500. The number of benzene rings is 2. The SMILES string of the molecule is CN(C)S(=O)(=O)N(C)CCOc1ccc(Cc2cc([C@@H]3O[C@H](CO)[C@@H](O)[C@H](O)[C@H]3O)ccc2Cl)cc1. The fourth-order valence-electron chi connectivity index (χ4n) is 3.89. The van der Waals surface area contributed by atoms with Crippen molar-refractivity contribution in [2.45, 2.75) is 36.9 Å². The maximum absolute atomic E-state index is 12.1. The normalized spacial score (nSPS) is 24.9. The lowest BCUT2D eigenvalue weighted by Crippen LogP contribution is -2.55. The van der Waals surface area contributed by atoms with Crippen LogP contribution in [0.15, 0.2) is 42.5 Å². The monoisotopic (exact) mass is 544 g/mol. The Balaban J connectivity index is 1.65. The van der Waals surface area contributed by atoms with Gasteiger partial charge in [-0.15, -0.1) is 0 Å². The molecule has 0 bridgehead atoms. The van der Waals surface area contributed by atoms with E-state index >= 15 is 0 Å². The highest BCUT2D eigenvalue weighted by atomic mass is 35.5. The molecule has 2 aromatic rings. The zero-order chi connectivity index (χ0) is 26.6. The summed E-state index contributed by atoms with van der Waals surface area (Å²) in [6.07, 6.45) is -5.74. The van der Waals surface area contributed by atoms with E-state index in [1.165, 1.54) is 25.4 Å². The van der Waals surface area contributed by atoms with Gasteiger partial charge in [-0.3, -0.25) is 0 Å². The van der Waals surface area contributed by atoms with Crippen LogP contribution in [0.2, 0.25) is 5.02 Å². The van der Waals surface area contributed by atoms with Crippen molar-refractivity contribution < 1.29 is 38.3 Å². The molecule has 1 saturated heterocycles. The van der Waals surface area contributed by atoms with E-state index in [9.17, 15) is 28.8 Å². The molecule has 0 aromatic heterocycles. The molecule has 0 spiro atoms. The van der Waals surface area contributed by atoms with Crippen molar-refractivity contribution in [2.24, 2.45) is 0 Å². The first kappa shape index (κ1) is 28.8. The van der Waals surface area contributed by atoms with Gasteiger partial charge in [0, 0.05) is 32.7 Å². The van der Waals surface area contributed by atoms with Crippen LogP contribution in [0.4, 0.5) is 0 Å². The first-order valence-electron chi connectivity index (χ1n) is 11.4. The second-order valence-electron chi connectivity index (χ2n) is 8.88. The Morgan fingerprint density at radius 3 is 2.28 bits per heavy atom. The van der Waals surface area contributed by atoms with E-state index in [0.29, 0.717) is 22.8 Å². The third kappa shape index (κ3) is 6.55. The Labute approximate surface area is 216 Å². The first-order chi connectivity index (χ1) is 16.9. The lowest BCUT2D eigenvalue weighted by atomic mass is 9.90. The highest BCUT2D eigenvalue weighted by Gasteiger charge is 2.44. The van der Waals surface area contributed by atoms with Crippen LogP contribution >= 0.6 is 11.6 Å². The van der Waals surface area contributed by atoms with E-state index in [-0.39, 0.29) is 13.2 Å². The highest BCUT2D eigenvalue weighted by molar-refractivity contribution is 7.86. The number of likely N-dealkylation sites (N-methyl/N-ethyl adjacent to an activating group) is 1. The van der Waals surface area contributed by atoms with Crippen LogP contribution in [-0.4, -0.2) is 103 Å². The maximum Gasteiger partial charge on any atom is 0.281 e. The molecule has 200 valence electrons. The Hall–Kier alpha value is -1.80. The van der Waals surface area contributed by atoms with Crippen molar-refractivity contribution in [1.82, 2.24) is 8.61 Å². The van der Waals surface area contributed by atoms with Gasteiger partial charge in [0.25, 0.3) is 10.2 Å². The van der Waals surface area contributed by atoms with E-state index in [4.69, 9.17) is 21.1 Å². The average molecular weight is 545 g/mol. The number of hydrogen-bond donors (Lipinski definition) is 4. The summed E-state index contributed by atoms with van der Waals surface area (Å²) in [7, 11) is 0.937. The summed E-state index contributed by atoms with van der Waals surface area (Å²) in [6, 6.07) is 12.4. The molecule has 12 heteroatoms. The standard InChI is InChI=1S/C24H33ClN2O8S/c1-26(2)36(32,33)27(3)10-11-34-18-7-4-15(5-8-18)12-17-13-16(6-9-19(17)25)24-23(31)22(30)21(29)20(14-28)35-24/h4-9,13,20-24,28-31H,10-12,14H2,1-3H3/t20-,21-,22+,23-,24+/m1/s1. The van der Waals surface area contributed by atoms with E-state index in [1.807, 2.05) is 12.1 Å². The number of rotatable bonds is 10. The molecule has 5 atom stereocenters. The molecule has 0 unspecified atom stereocenters. The van der Waals surface area contributed by atoms with Gasteiger partial charge < -0.3 is 29.9 Å². The first-order valence-corrected chi connectivity index (χ1v) is 13.2. The molecular weight excluding hydrogens is 512 g/mol. The predicted octanol–water partition coefficient (Wildman–Crippen LogP) is 0.563. The van der Waals surface area contributed by atoms with Crippen molar-refractivity contribution in [3.05, 3.63) is 64.2 Å². The Morgan fingerprint density at radius 2 is 1.67 bits per heavy atom. The third-order valence-corrected chi connectivity index (χ3v) is 8.40. The zero-order valence-corrected chi connectivity index (χ0v) is 21.9. The minimum absolute atomic E-state index is 0.190. The van der Waals surface area contributed by atoms with Crippen molar-refractivity contribution in [3.8, 4) is 5.75 Å². The van der Waals surface area contributed by atoms with Crippen LogP contribution in [0.25, 0.3) is 0 Å². The van der Waals surface area contributed by atoms with Crippen LogP contribution in [0.5, 0.6) is 5.75 Å². The predicted molar refractivity (Wildman–Crippen MR) is 134 cm³/mol. The van der Waals surface area contributed by atoms with Gasteiger partial charge in [-0.25, -0.2) is 0 Å². The summed E-state index contributed by atoms with van der Waals surface area (Å²) in [5.74, 6) is 0.593. The molecule has 0 amide bonds. The van der Waals surface area contributed by atoms with Crippen molar-refractivity contribution in [3.63, 3.8) is 0 Å². The molecule has 1 fully saturated rings. The molecule has 0 saturated carbocycles. The molecule has 3 rings (SSSR count).